The van der Waals surface area contributed by atoms with Crippen molar-refractivity contribution in [2.75, 3.05) is 0 Å². The lowest BCUT2D eigenvalue weighted by Crippen LogP contribution is -2.23. The van der Waals surface area contributed by atoms with E-state index < -0.39 is 17.0 Å². The van der Waals surface area contributed by atoms with Gasteiger partial charge in [-0.25, -0.2) is 4.79 Å². The molecule has 0 aliphatic heterocycles. The fraction of sp³-hybridized carbons (Fsp3) is 0.100. The fourth-order valence-electron chi connectivity index (χ4n) is 2.63. The number of esters is 1. The highest BCUT2D eigenvalue weighted by atomic mass is 16.6. The second kappa shape index (κ2) is 7.65. The van der Waals surface area contributed by atoms with Crippen LogP contribution >= 0.6 is 0 Å². The van der Waals surface area contributed by atoms with Crippen LogP contribution in [0.5, 0.6) is 0 Å². The van der Waals surface area contributed by atoms with E-state index >= 15 is 0 Å². The molecule has 3 aromatic rings. The molecule has 1 aromatic heterocycles. The van der Waals surface area contributed by atoms with Crippen LogP contribution in [0.2, 0.25) is 0 Å². The van der Waals surface area contributed by atoms with E-state index in [4.69, 9.17) is 4.74 Å². The van der Waals surface area contributed by atoms with Crippen LogP contribution in [-0.2, 0) is 9.53 Å². The van der Waals surface area contributed by atoms with E-state index in [0.29, 0.717) is 11.1 Å². The molecule has 1 atom stereocenters. The number of nitro groups is 1. The number of rotatable bonds is 6. The Morgan fingerprint density at radius 2 is 1.85 bits per heavy atom. The van der Waals surface area contributed by atoms with E-state index in [0.717, 1.165) is 10.9 Å². The van der Waals surface area contributed by atoms with Crippen molar-refractivity contribution in [3.8, 4) is 0 Å². The molecular formula is C20H16N2O5. The normalized spacial score (nSPS) is 12.2. The van der Waals surface area contributed by atoms with Gasteiger partial charge in [-0.05, 0) is 36.8 Å². The lowest BCUT2D eigenvalue weighted by Gasteiger charge is -2.10. The average molecular weight is 364 g/mol. The molecule has 0 unspecified atom stereocenters. The summed E-state index contributed by atoms with van der Waals surface area (Å²) in [6.45, 7) is 1.52. The van der Waals surface area contributed by atoms with Crippen LogP contribution in [0.4, 0.5) is 5.69 Å². The highest BCUT2D eigenvalue weighted by Gasteiger charge is 2.21. The number of aromatic nitrogens is 1. The number of carbonyl (C=O) groups excluding carboxylic acids is 2. The Morgan fingerprint density at radius 1 is 1.15 bits per heavy atom. The monoisotopic (exact) mass is 364 g/mol. The van der Waals surface area contributed by atoms with E-state index in [1.165, 1.54) is 43.3 Å². The average Bonchev–Trinajstić information content (AvgIpc) is 3.10. The van der Waals surface area contributed by atoms with E-state index in [1.54, 1.807) is 6.20 Å². The molecule has 27 heavy (non-hydrogen) atoms. The molecule has 0 radical (unpaired) electrons. The first-order chi connectivity index (χ1) is 13.0. The molecule has 2 aromatic carbocycles. The topological polar surface area (TPSA) is 102 Å². The van der Waals surface area contributed by atoms with Gasteiger partial charge in [0.05, 0.1) is 4.92 Å². The van der Waals surface area contributed by atoms with Crippen molar-refractivity contribution in [2.45, 2.75) is 13.0 Å². The molecule has 0 saturated carbocycles. The van der Waals surface area contributed by atoms with Crippen molar-refractivity contribution in [1.29, 1.82) is 0 Å². The third kappa shape index (κ3) is 4.09. The zero-order valence-electron chi connectivity index (χ0n) is 14.4. The standard InChI is InChI=1S/C20H16N2O5/c1-13(20(24)17-12-21-18-5-3-2-4-16(17)18)27-19(23)11-8-14-6-9-15(10-7-14)22(25)26/h2-13,21H,1H3/b11-8+/t13-/m1/s1. The van der Waals surface area contributed by atoms with Crippen LogP contribution < -0.4 is 0 Å². The lowest BCUT2D eigenvalue weighted by atomic mass is 10.1. The summed E-state index contributed by atoms with van der Waals surface area (Å²) in [5, 5.41) is 11.4. The van der Waals surface area contributed by atoms with Crippen molar-refractivity contribution < 1.29 is 19.2 Å². The molecule has 0 amide bonds. The SMILES string of the molecule is C[C@@H](OC(=O)/C=C/c1ccc([N+](=O)[O-])cc1)C(=O)c1c[nH]c2ccccc12. The Morgan fingerprint density at radius 3 is 2.56 bits per heavy atom. The van der Waals surface area contributed by atoms with E-state index in [2.05, 4.69) is 4.98 Å². The Bertz CT molecular complexity index is 1030. The Balaban J connectivity index is 1.64. The molecule has 0 aliphatic rings. The number of nitrogens with zero attached hydrogens (tertiary/aromatic N) is 1. The maximum absolute atomic E-state index is 12.5. The number of benzene rings is 2. The third-order valence-corrected chi connectivity index (χ3v) is 4.03. The van der Waals surface area contributed by atoms with E-state index in [1.807, 2.05) is 24.3 Å². The molecule has 0 aliphatic carbocycles. The number of nitro benzene ring substituents is 1. The number of ether oxygens (including phenoxy) is 1. The molecule has 0 bridgehead atoms. The molecule has 3 rings (SSSR count). The van der Waals surface area contributed by atoms with Gasteiger partial charge in [0.1, 0.15) is 0 Å². The van der Waals surface area contributed by atoms with Gasteiger partial charge >= 0.3 is 5.97 Å². The van der Waals surface area contributed by atoms with E-state index in [9.17, 15) is 19.7 Å². The molecule has 0 fully saturated rings. The van der Waals surface area contributed by atoms with Gasteiger partial charge < -0.3 is 9.72 Å². The zero-order valence-corrected chi connectivity index (χ0v) is 14.4. The highest BCUT2D eigenvalue weighted by molar-refractivity contribution is 6.10. The molecule has 0 spiro atoms. The van der Waals surface area contributed by atoms with Gasteiger partial charge in [-0.1, -0.05) is 18.2 Å². The predicted octanol–water partition coefficient (Wildman–Crippen LogP) is 3.90. The van der Waals surface area contributed by atoms with Gasteiger partial charge in [-0.2, -0.15) is 0 Å². The number of carbonyl (C=O) groups is 2. The maximum Gasteiger partial charge on any atom is 0.331 e. The number of Topliss-reactive ketones (excluding diaryl/α,β-unsaturated/α-hetero) is 1. The van der Waals surface area contributed by atoms with Gasteiger partial charge in [0.15, 0.2) is 6.10 Å². The van der Waals surface area contributed by atoms with Crippen molar-refractivity contribution in [3.63, 3.8) is 0 Å². The van der Waals surface area contributed by atoms with Crippen LogP contribution in [-0.4, -0.2) is 27.8 Å². The van der Waals surface area contributed by atoms with Crippen LogP contribution in [0.15, 0.2) is 60.8 Å². The van der Waals surface area contributed by atoms with Gasteiger partial charge in [0.25, 0.3) is 5.69 Å². The summed E-state index contributed by atoms with van der Waals surface area (Å²) >= 11 is 0. The van der Waals surface area contributed by atoms with Crippen molar-refractivity contribution in [3.05, 3.63) is 82.0 Å². The number of ketones is 1. The second-order valence-electron chi connectivity index (χ2n) is 5.87. The number of non-ortho nitro benzene ring substituents is 1. The summed E-state index contributed by atoms with van der Waals surface area (Å²) in [5.74, 6) is -0.974. The molecule has 0 saturated heterocycles. The second-order valence-corrected chi connectivity index (χ2v) is 5.87. The smallest absolute Gasteiger partial charge is 0.331 e. The summed E-state index contributed by atoms with van der Waals surface area (Å²) in [4.78, 5) is 37.6. The Hall–Kier alpha value is -3.74. The first-order valence-corrected chi connectivity index (χ1v) is 8.19. The summed E-state index contributed by atoms with van der Waals surface area (Å²) in [6, 6.07) is 13.1. The molecule has 7 heteroatoms. The predicted molar refractivity (Wildman–Crippen MR) is 100 cm³/mol. The first-order valence-electron chi connectivity index (χ1n) is 8.19. The van der Waals surface area contributed by atoms with Crippen LogP contribution in [0, 0.1) is 10.1 Å². The number of para-hydroxylation sites is 1. The number of hydrogen-bond donors (Lipinski definition) is 1. The molecule has 1 heterocycles. The summed E-state index contributed by atoms with van der Waals surface area (Å²) in [7, 11) is 0. The minimum Gasteiger partial charge on any atom is -0.451 e. The molecular weight excluding hydrogens is 348 g/mol. The highest BCUT2D eigenvalue weighted by Crippen LogP contribution is 2.20. The van der Waals surface area contributed by atoms with Gasteiger partial charge in [0, 0.05) is 40.9 Å². The Labute approximate surface area is 154 Å². The summed E-state index contributed by atoms with van der Waals surface area (Å²) in [5.41, 5.74) is 1.86. The first kappa shape index (κ1) is 18.1. The largest absolute Gasteiger partial charge is 0.451 e. The van der Waals surface area contributed by atoms with Crippen LogP contribution in [0.25, 0.3) is 17.0 Å². The minimum absolute atomic E-state index is 0.0346. The van der Waals surface area contributed by atoms with Gasteiger partial charge in [0.2, 0.25) is 5.78 Å². The van der Waals surface area contributed by atoms with Crippen molar-refractivity contribution in [1.82, 2.24) is 4.98 Å². The number of nitrogens with one attached hydrogen (secondary N) is 1. The number of fused-ring (bicyclic) bond motifs is 1. The number of aromatic amines is 1. The molecule has 7 nitrogen and oxygen atoms in total. The third-order valence-electron chi connectivity index (χ3n) is 4.03. The number of hydrogen-bond acceptors (Lipinski definition) is 5. The minimum atomic E-state index is -0.946. The quantitative estimate of drug-likeness (QED) is 0.235. The number of H-pyrrole nitrogens is 1. The zero-order chi connectivity index (χ0) is 19.4. The Kier molecular flexibility index (Phi) is 5.12. The van der Waals surface area contributed by atoms with Crippen LogP contribution in [0.3, 0.4) is 0 Å². The summed E-state index contributed by atoms with van der Waals surface area (Å²) in [6.07, 6.45) is 3.30. The molecule has 1 N–H and O–H groups in total. The fourth-order valence-corrected chi connectivity index (χ4v) is 2.63. The van der Waals surface area contributed by atoms with Crippen LogP contribution in [0.1, 0.15) is 22.8 Å². The molecule has 136 valence electrons. The maximum atomic E-state index is 12.5. The summed E-state index contributed by atoms with van der Waals surface area (Å²) < 4.78 is 5.17. The van der Waals surface area contributed by atoms with E-state index in [-0.39, 0.29) is 11.5 Å². The van der Waals surface area contributed by atoms with Crippen molar-refractivity contribution in [2.24, 2.45) is 0 Å². The van der Waals surface area contributed by atoms with Gasteiger partial charge in [-0.15, -0.1) is 0 Å². The lowest BCUT2D eigenvalue weighted by molar-refractivity contribution is -0.384. The van der Waals surface area contributed by atoms with Gasteiger partial charge in [-0.3, -0.25) is 14.9 Å². The van der Waals surface area contributed by atoms with Crippen molar-refractivity contribution >= 4 is 34.4 Å².